The Morgan fingerprint density at radius 3 is 2.93 bits per heavy atom. The number of benzene rings is 1. The van der Waals surface area contributed by atoms with Gasteiger partial charge in [0.05, 0.1) is 15.7 Å². The van der Waals surface area contributed by atoms with E-state index in [0.29, 0.717) is 5.69 Å². The second-order valence-corrected chi connectivity index (χ2v) is 3.68. The van der Waals surface area contributed by atoms with Crippen LogP contribution in [0.5, 0.6) is 0 Å². The summed E-state index contributed by atoms with van der Waals surface area (Å²) in [4.78, 5) is 25.2. The van der Waals surface area contributed by atoms with Gasteiger partial charge in [-0.25, -0.2) is 9.78 Å². The number of fused-ring (bicyclic) bond motifs is 1. The average molecular weight is 222 g/mol. The van der Waals surface area contributed by atoms with Crippen molar-refractivity contribution in [2.24, 2.45) is 0 Å². The molecular weight excluding hydrogens is 216 g/mol. The highest BCUT2D eigenvalue weighted by Crippen LogP contribution is 2.21. The van der Waals surface area contributed by atoms with Gasteiger partial charge in [0.1, 0.15) is 0 Å². The van der Waals surface area contributed by atoms with Crippen LogP contribution in [0.1, 0.15) is 0 Å². The summed E-state index contributed by atoms with van der Waals surface area (Å²) in [7, 11) is 0. The van der Waals surface area contributed by atoms with Crippen LogP contribution in [0, 0.1) is 0 Å². The number of carboxylic acid groups (broad SMARTS) is 1. The van der Waals surface area contributed by atoms with E-state index >= 15 is 0 Å². The predicted octanol–water partition coefficient (Wildman–Crippen LogP) is 1.32. The summed E-state index contributed by atoms with van der Waals surface area (Å²) in [5.74, 6) is -2.54. The van der Waals surface area contributed by atoms with Crippen molar-refractivity contribution in [1.29, 1.82) is 0 Å². The first-order valence-corrected chi connectivity index (χ1v) is 4.92. The number of rotatable bonds is 1. The van der Waals surface area contributed by atoms with Gasteiger partial charge in [-0.3, -0.25) is 4.79 Å². The first kappa shape index (κ1) is 9.60. The number of aromatic nitrogens is 1. The molecule has 0 spiro atoms. The first-order chi connectivity index (χ1) is 7.16. The third-order valence-electron chi connectivity index (χ3n) is 1.78. The van der Waals surface area contributed by atoms with E-state index in [2.05, 4.69) is 10.3 Å². The molecule has 0 aliphatic carbocycles. The number of anilines is 1. The fourth-order valence-electron chi connectivity index (χ4n) is 1.12. The standard InChI is InChI=1S/C9H6N2O3S/c12-8(9(13)14)11-5-1-2-6-7(3-5)15-4-10-6/h1-4H,(H,11,12)(H,13,14). The molecule has 2 aromatic rings. The SMILES string of the molecule is O=C(O)C(=O)Nc1ccc2ncsc2c1. The topological polar surface area (TPSA) is 79.3 Å². The number of thiazole rings is 1. The third-order valence-corrected chi connectivity index (χ3v) is 2.58. The summed E-state index contributed by atoms with van der Waals surface area (Å²) >= 11 is 1.43. The Balaban J connectivity index is 2.28. The molecule has 0 unspecified atom stereocenters. The summed E-state index contributed by atoms with van der Waals surface area (Å²) in [5.41, 5.74) is 2.97. The molecule has 15 heavy (non-hydrogen) atoms. The molecule has 5 nitrogen and oxygen atoms in total. The second-order valence-electron chi connectivity index (χ2n) is 2.79. The Kier molecular flexibility index (Phi) is 2.34. The fraction of sp³-hybridized carbons (Fsp3) is 0. The van der Waals surface area contributed by atoms with Crippen molar-refractivity contribution in [3.63, 3.8) is 0 Å². The highest BCUT2D eigenvalue weighted by atomic mass is 32.1. The minimum atomic E-state index is -1.50. The maximum absolute atomic E-state index is 10.9. The number of amides is 1. The van der Waals surface area contributed by atoms with E-state index in [1.54, 1.807) is 23.7 Å². The zero-order valence-corrected chi connectivity index (χ0v) is 8.25. The molecule has 1 amide bonds. The van der Waals surface area contributed by atoms with Crippen LogP contribution >= 0.6 is 11.3 Å². The molecule has 76 valence electrons. The van der Waals surface area contributed by atoms with Crippen molar-refractivity contribution < 1.29 is 14.7 Å². The molecule has 0 aliphatic rings. The van der Waals surface area contributed by atoms with Crippen LogP contribution in [0.4, 0.5) is 5.69 Å². The second kappa shape index (κ2) is 3.66. The molecule has 0 atom stereocenters. The molecule has 2 rings (SSSR count). The minimum absolute atomic E-state index is 0.458. The lowest BCUT2D eigenvalue weighted by atomic mass is 10.3. The Hall–Kier alpha value is -1.95. The van der Waals surface area contributed by atoms with Crippen molar-refractivity contribution in [2.45, 2.75) is 0 Å². The number of carbonyl (C=O) groups excluding carboxylic acids is 1. The maximum Gasteiger partial charge on any atom is 0.394 e. The lowest BCUT2D eigenvalue weighted by molar-refractivity contribution is -0.147. The molecule has 0 aliphatic heterocycles. The molecule has 1 heterocycles. The fourth-order valence-corrected chi connectivity index (χ4v) is 1.83. The number of aliphatic carboxylic acids is 1. The highest BCUT2D eigenvalue weighted by Gasteiger charge is 2.11. The lowest BCUT2D eigenvalue weighted by Crippen LogP contribution is -2.21. The van der Waals surface area contributed by atoms with Gasteiger partial charge in [-0.2, -0.15) is 0 Å². The zero-order chi connectivity index (χ0) is 10.8. The van der Waals surface area contributed by atoms with E-state index < -0.39 is 11.9 Å². The van der Waals surface area contributed by atoms with Crippen LogP contribution in [-0.2, 0) is 9.59 Å². The number of carboxylic acids is 1. The van der Waals surface area contributed by atoms with E-state index in [1.807, 2.05) is 0 Å². The number of hydrogen-bond acceptors (Lipinski definition) is 4. The van der Waals surface area contributed by atoms with Crippen molar-refractivity contribution >= 4 is 39.1 Å². The van der Waals surface area contributed by atoms with Crippen molar-refractivity contribution in [2.75, 3.05) is 5.32 Å². The van der Waals surface area contributed by atoms with Gasteiger partial charge >= 0.3 is 11.9 Å². The van der Waals surface area contributed by atoms with Crippen LogP contribution in [0.2, 0.25) is 0 Å². The first-order valence-electron chi connectivity index (χ1n) is 4.04. The molecule has 2 N–H and O–H groups in total. The van der Waals surface area contributed by atoms with E-state index in [9.17, 15) is 9.59 Å². The van der Waals surface area contributed by atoms with E-state index in [4.69, 9.17) is 5.11 Å². The normalized spacial score (nSPS) is 10.1. The van der Waals surface area contributed by atoms with Crippen molar-refractivity contribution in [3.05, 3.63) is 23.7 Å². The van der Waals surface area contributed by atoms with Crippen molar-refractivity contribution in [1.82, 2.24) is 4.98 Å². The van der Waals surface area contributed by atoms with Crippen LogP contribution in [0.3, 0.4) is 0 Å². The third kappa shape index (κ3) is 1.94. The Bertz CT molecular complexity index is 535. The molecule has 0 saturated carbocycles. The zero-order valence-electron chi connectivity index (χ0n) is 7.43. The van der Waals surface area contributed by atoms with E-state index in [0.717, 1.165) is 10.2 Å². The number of carbonyl (C=O) groups is 2. The number of nitrogens with zero attached hydrogens (tertiary/aromatic N) is 1. The molecule has 0 bridgehead atoms. The van der Waals surface area contributed by atoms with Crippen LogP contribution in [0.15, 0.2) is 23.7 Å². The molecular formula is C9H6N2O3S. The average Bonchev–Trinajstić information content (AvgIpc) is 2.64. The Morgan fingerprint density at radius 1 is 1.40 bits per heavy atom. The lowest BCUT2D eigenvalue weighted by Gasteiger charge is -2.00. The molecule has 0 fully saturated rings. The smallest absolute Gasteiger partial charge is 0.394 e. The largest absolute Gasteiger partial charge is 0.474 e. The van der Waals surface area contributed by atoms with E-state index in [-0.39, 0.29) is 0 Å². The molecule has 0 radical (unpaired) electrons. The quantitative estimate of drug-likeness (QED) is 0.713. The van der Waals surface area contributed by atoms with Crippen LogP contribution in [0.25, 0.3) is 10.2 Å². The van der Waals surface area contributed by atoms with Crippen LogP contribution < -0.4 is 5.32 Å². The number of hydrogen-bond donors (Lipinski definition) is 2. The Labute approximate surface area is 88.4 Å². The molecule has 1 aromatic carbocycles. The van der Waals surface area contributed by atoms with Gasteiger partial charge < -0.3 is 10.4 Å². The summed E-state index contributed by atoms with van der Waals surface area (Å²) in [6, 6.07) is 5.03. The van der Waals surface area contributed by atoms with Gasteiger partial charge in [-0.05, 0) is 18.2 Å². The summed E-state index contributed by atoms with van der Waals surface area (Å²) in [6.45, 7) is 0. The summed E-state index contributed by atoms with van der Waals surface area (Å²) in [5, 5.41) is 10.7. The summed E-state index contributed by atoms with van der Waals surface area (Å²) in [6.07, 6.45) is 0. The van der Waals surface area contributed by atoms with Gasteiger partial charge in [0, 0.05) is 5.69 Å². The predicted molar refractivity (Wildman–Crippen MR) is 55.9 cm³/mol. The van der Waals surface area contributed by atoms with Crippen molar-refractivity contribution in [3.8, 4) is 0 Å². The van der Waals surface area contributed by atoms with E-state index in [1.165, 1.54) is 11.3 Å². The van der Waals surface area contributed by atoms with Gasteiger partial charge in [-0.1, -0.05) is 0 Å². The minimum Gasteiger partial charge on any atom is -0.474 e. The molecule has 6 heteroatoms. The summed E-state index contributed by atoms with van der Waals surface area (Å²) < 4.78 is 0.901. The molecule has 0 saturated heterocycles. The van der Waals surface area contributed by atoms with Gasteiger partial charge in [0.25, 0.3) is 0 Å². The highest BCUT2D eigenvalue weighted by molar-refractivity contribution is 7.16. The Morgan fingerprint density at radius 2 is 2.20 bits per heavy atom. The maximum atomic E-state index is 10.9. The van der Waals surface area contributed by atoms with Gasteiger partial charge in [-0.15, -0.1) is 11.3 Å². The van der Waals surface area contributed by atoms with Gasteiger partial charge in [0.15, 0.2) is 0 Å². The number of nitrogens with one attached hydrogen (secondary N) is 1. The monoisotopic (exact) mass is 222 g/mol. The van der Waals surface area contributed by atoms with Crippen LogP contribution in [-0.4, -0.2) is 22.0 Å². The van der Waals surface area contributed by atoms with Gasteiger partial charge in [0.2, 0.25) is 0 Å². The molecule has 1 aromatic heterocycles.